The highest BCUT2D eigenvalue weighted by Gasteiger charge is 2.34. The summed E-state index contributed by atoms with van der Waals surface area (Å²) in [5.74, 6) is -2.36. The summed E-state index contributed by atoms with van der Waals surface area (Å²) in [4.78, 5) is 25.3. The highest BCUT2D eigenvalue weighted by Crippen LogP contribution is 2.37. The Bertz CT molecular complexity index is 1150. The number of carbonyl (C=O) groups is 2. The summed E-state index contributed by atoms with van der Waals surface area (Å²) >= 11 is 1.21. The maximum atomic E-state index is 13.7. The van der Waals surface area contributed by atoms with E-state index in [-0.39, 0.29) is 17.0 Å². The van der Waals surface area contributed by atoms with Crippen molar-refractivity contribution in [1.29, 1.82) is 0 Å². The van der Waals surface area contributed by atoms with Crippen LogP contribution >= 0.6 is 11.8 Å². The maximum absolute atomic E-state index is 13.7. The monoisotopic (exact) mass is 462 g/mol. The van der Waals surface area contributed by atoms with Crippen LogP contribution in [0.25, 0.3) is 0 Å². The second kappa shape index (κ2) is 9.86. The standard InChI is InChI=1S/C23H18F4N2O2S/c1-14-6-2-5-9-20(14)32-13-21(30)29-19-11-10-15(12-17(19)23(25,26)27)28-22(31)16-7-3-4-8-18(16)24/h2-12H,13H2,1H3,(H,28,31)(H,29,30). The predicted molar refractivity (Wildman–Crippen MR) is 116 cm³/mol. The van der Waals surface area contributed by atoms with Crippen molar-refractivity contribution >= 4 is 35.0 Å². The molecule has 0 bridgehead atoms. The van der Waals surface area contributed by atoms with Crippen LogP contribution in [-0.4, -0.2) is 17.6 Å². The molecule has 0 aromatic heterocycles. The normalized spacial score (nSPS) is 11.2. The summed E-state index contributed by atoms with van der Waals surface area (Å²) in [6.45, 7) is 1.87. The summed E-state index contributed by atoms with van der Waals surface area (Å²) in [5, 5.41) is 4.52. The molecule has 0 heterocycles. The highest BCUT2D eigenvalue weighted by molar-refractivity contribution is 8.00. The number of carbonyl (C=O) groups excluding carboxylic acids is 2. The molecule has 9 heteroatoms. The first-order valence-electron chi connectivity index (χ1n) is 9.40. The van der Waals surface area contributed by atoms with Crippen molar-refractivity contribution in [2.24, 2.45) is 0 Å². The van der Waals surface area contributed by atoms with Crippen molar-refractivity contribution in [1.82, 2.24) is 0 Å². The van der Waals surface area contributed by atoms with Crippen LogP contribution in [0.4, 0.5) is 28.9 Å². The van der Waals surface area contributed by atoms with Crippen molar-refractivity contribution in [3.05, 3.63) is 89.2 Å². The van der Waals surface area contributed by atoms with E-state index in [1.54, 1.807) is 0 Å². The van der Waals surface area contributed by atoms with E-state index in [0.29, 0.717) is 6.07 Å². The van der Waals surface area contributed by atoms with E-state index in [9.17, 15) is 27.2 Å². The highest BCUT2D eigenvalue weighted by atomic mass is 32.2. The predicted octanol–water partition coefficient (Wildman–Crippen LogP) is 6.14. The van der Waals surface area contributed by atoms with Gasteiger partial charge in [0.05, 0.1) is 22.6 Å². The minimum absolute atomic E-state index is 0.0755. The Hall–Kier alpha value is -3.33. The van der Waals surface area contributed by atoms with Gasteiger partial charge in [0.15, 0.2) is 0 Å². The molecule has 2 amide bonds. The van der Waals surface area contributed by atoms with Gasteiger partial charge in [-0.3, -0.25) is 9.59 Å². The third-order valence-electron chi connectivity index (χ3n) is 4.43. The fraction of sp³-hybridized carbons (Fsp3) is 0.130. The molecule has 0 aliphatic heterocycles. The average molecular weight is 462 g/mol. The Morgan fingerprint density at radius 1 is 0.938 bits per heavy atom. The third kappa shape index (κ3) is 5.88. The van der Waals surface area contributed by atoms with Gasteiger partial charge >= 0.3 is 6.18 Å². The van der Waals surface area contributed by atoms with Gasteiger partial charge in [0.1, 0.15) is 5.82 Å². The molecule has 3 aromatic rings. The van der Waals surface area contributed by atoms with Crippen LogP contribution < -0.4 is 10.6 Å². The zero-order valence-corrected chi connectivity index (χ0v) is 17.6. The summed E-state index contributed by atoms with van der Waals surface area (Å²) in [6, 6.07) is 15.4. The number of nitrogens with one attached hydrogen (secondary N) is 2. The first-order chi connectivity index (χ1) is 15.1. The van der Waals surface area contributed by atoms with Gasteiger partial charge in [0.25, 0.3) is 5.91 Å². The molecule has 0 aliphatic carbocycles. The summed E-state index contributed by atoms with van der Waals surface area (Å²) in [7, 11) is 0. The molecule has 0 unspecified atom stereocenters. The topological polar surface area (TPSA) is 58.2 Å². The number of alkyl halides is 3. The SMILES string of the molecule is Cc1ccccc1SCC(=O)Nc1ccc(NC(=O)c2ccccc2F)cc1C(F)(F)F. The Balaban J connectivity index is 1.75. The maximum Gasteiger partial charge on any atom is 0.418 e. The number of thioether (sulfide) groups is 1. The molecule has 0 radical (unpaired) electrons. The van der Waals surface area contributed by atoms with Crippen molar-refractivity contribution in [3.63, 3.8) is 0 Å². The Morgan fingerprint density at radius 3 is 2.31 bits per heavy atom. The fourth-order valence-electron chi connectivity index (χ4n) is 2.86. The number of amides is 2. The van der Waals surface area contributed by atoms with Crippen molar-refractivity contribution in [2.75, 3.05) is 16.4 Å². The van der Waals surface area contributed by atoms with E-state index in [2.05, 4.69) is 10.6 Å². The van der Waals surface area contributed by atoms with Crippen LogP contribution in [0.2, 0.25) is 0 Å². The molecule has 4 nitrogen and oxygen atoms in total. The smallest absolute Gasteiger partial charge is 0.325 e. The van der Waals surface area contributed by atoms with Gasteiger partial charge < -0.3 is 10.6 Å². The molecular weight excluding hydrogens is 444 g/mol. The third-order valence-corrected chi connectivity index (χ3v) is 5.60. The minimum atomic E-state index is -4.79. The number of anilines is 2. The number of halogens is 4. The Morgan fingerprint density at radius 2 is 1.62 bits per heavy atom. The summed E-state index contributed by atoms with van der Waals surface area (Å²) in [6.07, 6.45) is -4.79. The van der Waals surface area contributed by atoms with E-state index in [1.807, 2.05) is 31.2 Å². The number of rotatable bonds is 6. The largest absolute Gasteiger partial charge is 0.418 e. The number of benzene rings is 3. The van der Waals surface area contributed by atoms with Crippen LogP contribution in [0.15, 0.2) is 71.6 Å². The molecule has 0 fully saturated rings. The lowest BCUT2D eigenvalue weighted by Gasteiger charge is -2.16. The lowest BCUT2D eigenvalue weighted by atomic mass is 10.1. The van der Waals surface area contributed by atoms with E-state index < -0.39 is 35.1 Å². The fourth-order valence-corrected chi connectivity index (χ4v) is 3.69. The molecule has 166 valence electrons. The molecule has 0 spiro atoms. The Kier molecular flexibility index (Phi) is 7.19. The Labute approximate surface area is 186 Å². The van der Waals surface area contributed by atoms with Crippen LogP contribution in [0.3, 0.4) is 0 Å². The molecule has 0 aliphatic rings. The minimum Gasteiger partial charge on any atom is -0.325 e. The number of hydrogen-bond donors (Lipinski definition) is 2. The van der Waals surface area contributed by atoms with Crippen LogP contribution in [0.5, 0.6) is 0 Å². The van der Waals surface area contributed by atoms with E-state index >= 15 is 0 Å². The van der Waals surface area contributed by atoms with Crippen molar-refractivity contribution < 1.29 is 27.2 Å². The van der Waals surface area contributed by atoms with Crippen LogP contribution in [0.1, 0.15) is 21.5 Å². The molecule has 0 saturated heterocycles. The van der Waals surface area contributed by atoms with Gasteiger partial charge in [-0.2, -0.15) is 13.2 Å². The first-order valence-corrected chi connectivity index (χ1v) is 10.4. The molecule has 32 heavy (non-hydrogen) atoms. The van der Waals surface area contributed by atoms with E-state index in [0.717, 1.165) is 22.6 Å². The second-order valence-corrected chi connectivity index (χ2v) is 7.81. The zero-order valence-electron chi connectivity index (χ0n) is 16.8. The summed E-state index contributed by atoms with van der Waals surface area (Å²) in [5.41, 5.74) is -1.09. The quantitative estimate of drug-likeness (QED) is 0.342. The summed E-state index contributed by atoms with van der Waals surface area (Å²) < 4.78 is 54.5. The molecule has 0 saturated carbocycles. The second-order valence-electron chi connectivity index (χ2n) is 6.79. The van der Waals surface area contributed by atoms with Crippen molar-refractivity contribution in [2.45, 2.75) is 18.0 Å². The van der Waals surface area contributed by atoms with E-state index in [4.69, 9.17) is 0 Å². The lowest BCUT2D eigenvalue weighted by molar-refractivity contribution is -0.136. The van der Waals surface area contributed by atoms with Gasteiger partial charge in [-0.05, 0) is 48.9 Å². The molecule has 3 rings (SSSR count). The first kappa shape index (κ1) is 23.3. The molecule has 0 atom stereocenters. The molecular formula is C23H18F4N2O2S. The van der Waals surface area contributed by atoms with Crippen LogP contribution in [-0.2, 0) is 11.0 Å². The van der Waals surface area contributed by atoms with Crippen LogP contribution in [0, 0.1) is 12.7 Å². The molecule has 2 N–H and O–H groups in total. The average Bonchev–Trinajstić information content (AvgIpc) is 2.73. The lowest BCUT2D eigenvalue weighted by Crippen LogP contribution is -2.19. The van der Waals surface area contributed by atoms with Gasteiger partial charge in [-0.15, -0.1) is 11.8 Å². The zero-order chi connectivity index (χ0) is 23.3. The van der Waals surface area contributed by atoms with Gasteiger partial charge in [0, 0.05) is 10.6 Å². The molecule has 3 aromatic carbocycles. The van der Waals surface area contributed by atoms with Gasteiger partial charge in [0.2, 0.25) is 5.91 Å². The van der Waals surface area contributed by atoms with Crippen molar-refractivity contribution in [3.8, 4) is 0 Å². The number of aryl methyl sites for hydroxylation is 1. The number of hydrogen-bond acceptors (Lipinski definition) is 3. The van der Waals surface area contributed by atoms with Gasteiger partial charge in [-0.1, -0.05) is 30.3 Å². The van der Waals surface area contributed by atoms with Gasteiger partial charge in [-0.25, -0.2) is 4.39 Å². The van der Waals surface area contributed by atoms with E-state index in [1.165, 1.54) is 36.0 Å².